The molecule has 0 saturated heterocycles. The second-order valence-electron chi connectivity index (χ2n) is 6.43. The van der Waals surface area contributed by atoms with Gasteiger partial charge in [-0.1, -0.05) is 43.7 Å². The van der Waals surface area contributed by atoms with Crippen molar-refractivity contribution < 1.29 is 4.74 Å². The van der Waals surface area contributed by atoms with Crippen molar-refractivity contribution in [1.82, 2.24) is 9.97 Å². The topological polar surface area (TPSA) is 50.3 Å². The first-order valence-electron chi connectivity index (χ1n) is 9.26. The lowest BCUT2D eigenvalue weighted by Gasteiger charge is -2.19. The Kier molecular flexibility index (Phi) is 6.26. The second kappa shape index (κ2) is 9.03. The number of hydrogen-bond donors (Lipinski definition) is 1. The average Bonchev–Trinajstić information content (AvgIpc) is 2.73. The standard InChI is InChI=1S/C22H26N4O/c1-4-5-15-26(2)21-16-20(17-9-7-6-8-10-17)24-22(25-21)23-18-11-13-19(27-3)14-12-18/h6-14,16H,4-5,15H2,1-3H3,(H,23,24,25). The third-order valence-electron chi connectivity index (χ3n) is 4.37. The Morgan fingerprint density at radius 3 is 2.41 bits per heavy atom. The van der Waals surface area contributed by atoms with Crippen molar-refractivity contribution in [2.75, 3.05) is 30.9 Å². The molecule has 0 aliphatic rings. The Labute approximate surface area is 161 Å². The molecule has 140 valence electrons. The van der Waals surface area contributed by atoms with Crippen molar-refractivity contribution in [2.45, 2.75) is 19.8 Å². The smallest absolute Gasteiger partial charge is 0.229 e. The molecule has 0 aliphatic heterocycles. The molecular weight excluding hydrogens is 336 g/mol. The molecule has 1 heterocycles. The fraction of sp³-hybridized carbons (Fsp3) is 0.273. The van der Waals surface area contributed by atoms with Gasteiger partial charge >= 0.3 is 0 Å². The van der Waals surface area contributed by atoms with Crippen molar-refractivity contribution in [3.8, 4) is 17.0 Å². The highest BCUT2D eigenvalue weighted by Crippen LogP contribution is 2.25. The van der Waals surface area contributed by atoms with E-state index in [2.05, 4.69) is 36.3 Å². The van der Waals surface area contributed by atoms with Crippen molar-refractivity contribution in [2.24, 2.45) is 0 Å². The fourth-order valence-corrected chi connectivity index (χ4v) is 2.76. The summed E-state index contributed by atoms with van der Waals surface area (Å²) in [5.41, 5.74) is 2.89. The molecule has 0 aliphatic carbocycles. The van der Waals surface area contributed by atoms with Crippen molar-refractivity contribution in [3.05, 3.63) is 60.7 Å². The summed E-state index contributed by atoms with van der Waals surface area (Å²) >= 11 is 0. The second-order valence-corrected chi connectivity index (χ2v) is 6.43. The van der Waals surface area contributed by atoms with Crippen LogP contribution < -0.4 is 15.0 Å². The molecule has 0 fully saturated rings. The minimum absolute atomic E-state index is 0.583. The third kappa shape index (κ3) is 4.97. The van der Waals surface area contributed by atoms with Crippen LogP contribution in [0.1, 0.15) is 19.8 Å². The number of nitrogens with zero attached hydrogens (tertiary/aromatic N) is 3. The van der Waals surface area contributed by atoms with E-state index in [0.717, 1.165) is 47.9 Å². The van der Waals surface area contributed by atoms with Crippen molar-refractivity contribution in [1.29, 1.82) is 0 Å². The number of aromatic nitrogens is 2. The minimum Gasteiger partial charge on any atom is -0.497 e. The molecule has 5 nitrogen and oxygen atoms in total. The first-order chi connectivity index (χ1) is 13.2. The summed E-state index contributed by atoms with van der Waals surface area (Å²) in [6.07, 6.45) is 2.28. The molecule has 0 amide bonds. The van der Waals surface area contributed by atoms with Gasteiger partial charge in [-0.3, -0.25) is 0 Å². The van der Waals surface area contributed by atoms with Gasteiger partial charge in [0.1, 0.15) is 11.6 Å². The van der Waals surface area contributed by atoms with E-state index in [1.807, 2.05) is 48.5 Å². The number of nitrogens with one attached hydrogen (secondary N) is 1. The number of anilines is 3. The van der Waals surface area contributed by atoms with E-state index < -0.39 is 0 Å². The molecular formula is C22H26N4O. The Morgan fingerprint density at radius 2 is 1.74 bits per heavy atom. The fourth-order valence-electron chi connectivity index (χ4n) is 2.76. The summed E-state index contributed by atoms with van der Waals surface area (Å²) in [6.45, 7) is 3.16. The van der Waals surface area contributed by atoms with Gasteiger partial charge in [-0.15, -0.1) is 0 Å². The minimum atomic E-state index is 0.583. The Morgan fingerprint density at radius 1 is 1.00 bits per heavy atom. The lowest BCUT2D eigenvalue weighted by molar-refractivity contribution is 0.415. The maximum atomic E-state index is 5.22. The van der Waals surface area contributed by atoms with Crippen LogP contribution in [0.25, 0.3) is 11.3 Å². The Hall–Kier alpha value is -3.08. The Balaban J connectivity index is 1.93. The van der Waals surface area contributed by atoms with Crippen LogP contribution in [0.2, 0.25) is 0 Å². The van der Waals surface area contributed by atoms with Crippen LogP contribution >= 0.6 is 0 Å². The van der Waals surface area contributed by atoms with Gasteiger partial charge in [0, 0.05) is 30.9 Å². The number of rotatable bonds is 8. The molecule has 27 heavy (non-hydrogen) atoms. The Bertz CT molecular complexity index is 850. The zero-order chi connectivity index (χ0) is 19.1. The van der Waals surface area contributed by atoms with Crippen LogP contribution in [0.4, 0.5) is 17.5 Å². The molecule has 0 unspecified atom stereocenters. The number of methoxy groups -OCH3 is 1. The van der Waals surface area contributed by atoms with E-state index >= 15 is 0 Å². The summed E-state index contributed by atoms with van der Waals surface area (Å²) in [6, 6.07) is 20.0. The lowest BCUT2D eigenvalue weighted by Crippen LogP contribution is -2.20. The maximum Gasteiger partial charge on any atom is 0.229 e. The number of benzene rings is 2. The summed E-state index contributed by atoms with van der Waals surface area (Å²) in [5, 5.41) is 3.31. The lowest BCUT2D eigenvalue weighted by atomic mass is 10.1. The van der Waals surface area contributed by atoms with Gasteiger partial charge in [0.05, 0.1) is 12.8 Å². The first kappa shape index (κ1) is 18.7. The monoisotopic (exact) mass is 362 g/mol. The van der Waals surface area contributed by atoms with Crippen LogP contribution in [0.5, 0.6) is 5.75 Å². The summed E-state index contributed by atoms with van der Waals surface area (Å²) in [4.78, 5) is 11.6. The third-order valence-corrected chi connectivity index (χ3v) is 4.37. The van der Waals surface area contributed by atoms with E-state index in [1.54, 1.807) is 7.11 Å². The van der Waals surface area contributed by atoms with E-state index in [4.69, 9.17) is 14.7 Å². The molecule has 0 bridgehead atoms. The molecule has 0 atom stereocenters. The molecule has 0 radical (unpaired) electrons. The number of hydrogen-bond acceptors (Lipinski definition) is 5. The zero-order valence-corrected chi connectivity index (χ0v) is 16.1. The van der Waals surface area contributed by atoms with Gasteiger partial charge in [-0.25, -0.2) is 4.98 Å². The normalized spacial score (nSPS) is 10.5. The van der Waals surface area contributed by atoms with E-state index in [1.165, 1.54) is 0 Å². The molecule has 0 saturated carbocycles. The highest BCUT2D eigenvalue weighted by Gasteiger charge is 2.10. The summed E-state index contributed by atoms with van der Waals surface area (Å²) in [5.74, 6) is 2.31. The van der Waals surface area contributed by atoms with Gasteiger partial charge < -0.3 is 15.0 Å². The van der Waals surface area contributed by atoms with Gasteiger partial charge in [-0.05, 0) is 30.7 Å². The highest BCUT2D eigenvalue weighted by atomic mass is 16.5. The average molecular weight is 362 g/mol. The molecule has 3 rings (SSSR count). The van der Waals surface area contributed by atoms with E-state index in [0.29, 0.717) is 5.95 Å². The van der Waals surface area contributed by atoms with Gasteiger partial charge in [-0.2, -0.15) is 4.98 Å². The van der Waals surface area contributed by atoms with Crippen LogP contribution in [0.3, 0.4) is 0 Å². The predicted octanol–water partition coefficient (Wildman–Crippen LogP) is 5.13. The van der Waals surface area contributed by atoms with Crippen molar-refractivity contribution in [3.63, 3.8) is 0 Å². The molecule has 5 heteroatoms. The summed E-state index contributed by atoms with van der Waals surface area (Å²) < 4.78 is 5.22. The molecule has 1 aromatic heterocycles. The predicted molar refractivity (Wildman–Crippen MR) is 112 cm³/mol. The molecule has 1 N–H and O–H groups in total. The number of unbranched alkanes of at least 4 members (excludes halogenated alkanes) is 1. The maximum absolute atomic E-state index is 5.22. The van der Waals surface area contributed by atoms with Crippen LogP contribution in [0, 0.1) is 0 Å². The van der Waals surface area contributed by atoms with Gasteiger partial charge in [0.15, 0.2) is 0 Å². The molecule has 2 aromatic carbocycles. The number of ether oxygens (including phenoxy) is 1. The quantitative estimate of drug-likeness (QED) is 0.602. The van der Waals surface area contributed by atoms with E-state index in [-0.39, 0.29) is 0 Å². The van der Waals surface area contributed by atoms with Gasteiger partial charge in [0.25, 0.3) is 0 Å². The molecule has 0 spiro atoms. The van der Waals surface area contributed by atoms with Crippen LogP contribution in [-0.4, -0.2) is 30.7 Å². The largest absolute Gasteiger partial charge is 0.497 e. The van der Waals surface area contributed by atoms with Gasteiger partial charge in [0.2, 0.25) is 5.95 Å². The van der Waals surface area contributed by atoms with Crippen molar-refractivity contribution >= 4 is 17.5 Å². The van der Waals surface area contributed by atoms with E-state index in [9.17, 15) is 0 Å². The highest BCUT2D eigenvalue weighted by molar-refractivity contribution is 5.66. The molecule has 3 aromatic rings. The zero-order valence-electron chi connectivity index (χ0n) is 16.1. The first-order valence-corrected chi connectivity index (χ1v) is 9.26. The van der Waals surface area contributed by atoms with Crippen LogP contribution in [-0.2, 0) is 0 Å². The van der Waals surface area contributed by atoms with Crippen LogP contribution in [0.15, 0.2) is 60.7 Å². The summed E-state index contributed by atoms with van der Waals surface area (Å²) in [7, 11) is 3.73. The SMILES string of the molecule is CCCCN(C)c1cc(-c2ccccc2)nc(Nc2ccc(OC)cc2)n1.